The van der Waals surface area contributed by atoms with Gasteiger partial charge in [0.15, 0.2) is 0 Å². The van der Waals surface area contributed by atoms with Crippen LogP contribution in [0.1, 0.15) is 52.5 Å². The van der Waals surface area contributed by atoms with Crippen LogP contribution in [0.15, 0.2) is 120 Å². The quantitative estimate of drug-likeness (QED) is 0.216. The first kappa shape index (κ1) is 22.6. The summed E-state index contributed by atoms with van der Waals surface area (Å²) < 4.78 is 1.24. The van der Waals surface area contributed by atoms with Crippen LogP contribution < -0.4 is 0 Å². The Morgan fingerprint density at radius 3 is 1.33 bits per heavy atom. The third kappa shape index (κ3) is 3.49. The SMILES string of the molecule is C[Si]1(C)C2=Cc3ccccc3C2[CH](c2ccccc2)[Zr][CH](c2ccccc2)C2C1=Cc1ccccc12. The summed E-state index contributed by atoms with van der Waals surface area (Å²) in [4.78, 5) is 0. The van der Waals surface area contributed by atoms with Crippen LogP contribution in [0.3, 0.4) is 0 Å². The van der Waals surface area contributed by atoms with E-state index in [0.717, 1.165) is 0 Å². The average Bonchev–Trinajstić information content (AvgIpc) is 3.50. The van der Waals surface area contributed by atoms with Crippen molar-refractivity contribution in [2.75, 3.05) is 0 Å². The average molecular weight is 558 g/mol. The molecule has 4 aromatic carbocycles. The molecule has 0 spiro atoms. The Hall–Kier alpha value is -2.54. The van der Waals surface area contributed by atoms with E-state index in [9.17, 15) is 0 Å². The monoisotopic (exact) mass is 556 g/mol. The number of hydrogen-bond acceptors (Lipinski definition) is 0. The van der Waals surface area contributed by atoms with Gasteiger partial charge in [0.25, 0.3) is 0 Å². The first-order valence-electron chi connectivity index (χ1n) is 13.1. The van der Waals surface area contributed by atoms with Crippen molar-refractivity contribution in [3.05, 3.63) is 153 Å². The number of allylic oxidation sites excluding steroid dienone is 2. The van der Waals surface area contributed by atoms with E-state index in [1.165, 1.54) is 11.1 Å². The molecule has 1 saturated heterocycles. The van der Waals surface area contributed by atoms with Gasteiger partial charge in [0, 0.05) is 0 Å². The summed E-state index contributed by atoms with van der Waals surface area (Å²) in [6.07, 6.45) is 5.23. The third-order valence-electron chi connectivity index (χ3n) is 8.74. The van der Waals surface area contributed by atoms with Crippen molar-refractivity contribution in [1.29, 1.82) is 0 Å². The molecular formula is C34H30SiZr. The zero-order valence-electron chi connectivity index (χ0n) is 20.9. The van der Waals surface area contributed by atoms with E-state index in [1.807, 2.05) is 0 Å². The predicted molar refractivity (Wildman–Crippen MR) is 150 cm³/mol. The molecule has 4 aromatic rings. The van der Waals surface area contributed by atoms with Gasteiger partial charge in [0.2, 0.25) is 0 Å². The minimum atomic E-state index is -1.93. The molecular weight excluding hydrogens is 528 g/mol. The van der Waals surface area contributed by atoms with Crippen LogP contribution in [0.4, 0.5) is 0 Å². The molecule has 0 amide bonds. The van der Waals surface area contributed by atoms with Crippen LogP contribution in [0.2, 0.25) is 13.1 Å². The van der Waals surface area contributed by atoms with Gasteiger partial charge in [-0.05, 0) is 0 Å². The second kappa shape index (κ2) is 8.79. The Morgan fingerprint density at radius 2 is 0.889 bits per heavy atom. The zero-order chi connectivity index (χ0) is 24.3. The molecule has 1 heterocycles. The van der Waals surface area contributed by atoms with Crippen LogP contribution in [-0.2, 0) is 23.2 Å². The summed E-state index contributed by atoms with van der Waals surface area (Å²) in [5, 5.41) is 3.52. The third-order valence-corrected chi connectivity index (χ3v) is 17.6. The van der Waals surface area contributed by atoms with Crippen molar-refractivity contribution in [3.8, 4) is 0 Å². The Balaban J connectivity index is 1.51. The van der Waals surface area contributed by atoms with Gasteiger partial charge < -0.3 is 0 Å². The fourth-order valence-corrected chi connectivity index (χ4v) is 16.9. The maximum atomic E-state index is 2.64. The molecule has 1 fully saturated rings. The van der Waals surface area contributed by atoms with Gasteiger partial charge in [0.05, 0.1) is 0 Å². The number of hydrogen-bond donors (Lipinski definition) is 0. The molecule has 36 heavy (non-hydrogen) atoms. The van der Waals surface area contributed by atoms with Gasteiger partial charge in [-0.3, -0.25) is 0 Å². The Morgan fingerprint density at radius 1 is 0.500 bits per heavy atom. The molecule has 7 rings (SSSR count). The van der Waals surface area contributed by atoms with Gasteiger partial charge in [-0.1, -0.05) is 0 Å². The molecule has 0 saturated carbocycles. The van der Waals surface area contributed by atoms with Crippen molar-refractivity contribution in [1.82, 2.24) is 0 Å². The molecule has 3 aliphatic rings. The van der Waals surface area contributed by atoms with Crippen molar-refractivity contribution in [2.24, 2.45) is 0 Å². The molecule has 0 aromatic heterocycles. The van der Waals surface area contributed by atoms with Gasteiger partial charge in [-0.15, -0.1) is 0 Å². The first-order chi connectivity index (χ1) is 17.6. The van der Waals surface area contributed by atoms with Gasteiger partial charge in [-0.25, -0.2) is 0 Å². The van der Waals surface area contributed by atoms with Crippen LogP contribution in [-0.4, -0.2) is 8.07 Å². The maximum absolute atomic E-state index is 2.64. The Labute approximate surface area is 227 Å². The molecule has 0 nitrogen and oxygen atoms in total. The number of benzene rings is 4. The molecule has 1 aliphatic heterocycles. The molecule has 0 N–H and O–H groups in total. The minimum absolute atomic E-state index is 0.522. The first-order valence-corrected chi connectivity index (χ1v) is 18.9. The summed E-state index contributed by atoms with van der Waals surface area (Å²) in [5.41, 5.74) is 9.18. The van der Waals surface area contributed by atoms with Gasteiger partial charge in [-0.2, -0.15) is 0 Å². The van der Waals surface area contributed by atoms with E-state index in [2.05, 4.69) is 134 Å². The van der Waals surface area contributed by atoms with Crippen LogP contribution in [0.5, 0.6) is 0 Å². The topological polar surface area (TPSA) is 0 Å². The fraction of sp³-hybridized carbons (Fsp3) is 0.176. The van der Waals surface area contributed by atoms with E-state index in [4.69, 9.17) is 0 Å². The normalized spacial score (nSPS) is 25.2. The van der Waals surface area contributed by atoms with E-state index in [0.29, 0.717) is 19.1 Å². The Bertz CT molecular complexity index is 1390. The van der Waals surface area contributed by atoms with Crippen molar-refractivity contribution in [2.45, 2.75) is 32.2 Å². The van der Waals surface area contributed by atoms with Crippen molar-refractivity contribution < 1.29 is 23.2 Å². The molecule has 0 radical (unpaired) electrons. The van der Waals surface area contributed by atoms with Crippen molar-refractivity contribution in [3.63, 3.8) is 0 Å². The fourth-order valence-electron chi connectivity index (χ4n) is 7.01. The Kier molecular flexibility index (Phi) is 5.53. The van der Waals surface area contributed by atoms with Crippen LogP contribution in [0, 0.1) is 0 Å². The summed E-state index contributed by atoms with van der Waals surface area (Å²) in [5.74, 6) is 1.04. The second-order valence-electron chi connectivity index (χ2n) is 11.0. The van der Waals surface area contributed by atoms with E-state index < -0.39 is 31.3 Å². The molecule has 4 atom stereocenters. The summed E-state index contributed by atoms with van der Waals surface area (Å²) in [7, 11) is -1.93. The zero-order valence-corrected chi connectivity index (χ0v) is 24.3. The standard InChI is InChI=1S/C34H30Si.Zr/c1-35(2,33-23-27-17-9-11-19-29(27)31(33)21-25-13-5-3-6-14-25)34-24-28-18-10-12-20-30(28)32(34)22-26-15-7-4-8-16-26;/h3-24,31-32H,1-2H3;. The predicted octanol–water partition coefficient (Wildman–Crippen LogP) is 8.71. The summed E-state index contributed by atoms with van der Waals surface area (Å²) in [6, 6.07) is 41.6. The molecule has 2 aliphatic carbocycles. The number of fused-ring (bicyclic) bond motifs is 6. The molecule has 0 bridgehead atoms. The molecule has 174 valence electrons. The second-order valence-corrected chi connectivity index (χ2v) is 19.3. The molecule has 4 unspecified atom stereocenters. The van der Waals surface area contributed by atoms with Crippen molar-refractivity contribution >= 4 is 20.2 Å². The molecule has 2 heteroatoms. The van der Waals surface area contributed by atoms with Crippen LogP contribution in [0.25, 0.3) is 12.2 Å². The van der Waals surface area contributed by atoms with Gasteiger partial charge >= 0.3 is 229 Å². The number of rotatable bonds is 2. The van der Waals surface area contributed by atoms with Crippen LogP contribution >= 0.6 is 0 Å². The summed E-state index contributed by atoms with van der Waals surface area (Å²) >= 11 is -0.996. The van der Waals surface area contributed by atoms with E-state index >= 15 is 0 Å². The summed E-state index contributed by atoms with van der Waals surface area (Å²) in [6.45, 7) is 5.28. The van der Waals surface area contributed by atoms with Gasteiger partial charge in [0.1, 0.15) is 0 Å². The van der Waals surface area contributed by atoms with E-state index in [1.54, 1.807) is 32.6 Å². The van der Waals surface area contributed by atoms with E-state index in [-0.39, 0.29) is 0 Å².